The Balaban J connectivity index is 1.83. The minimum absolute atomic E-state index is 0.189. The lowest BCUT2D eigenvalue weighted by Gasteiger charge is -2.06. The highest BCUT2D eigenvalue weighted by atomic mass is 19.1. The third-order valence-electron chi connectivity index (χ3n) is 3.47. The minimum atomic E-state index is -0.189. The first-order valence-corrected chi connectivity index (χ1v) is 6.81. The first-order valence-electron chi connectivity index (χ1n) is 6.81. The zero-order chi connectivity index (χ0) is 13.2. The number of halogens is 1. The summed E-state index contributed by atoms with van der Waals surface area (Å²) in [6.45, 7) is 3.62. The van der Waals surface area contributed by atoms with Gasteiger partial charge in [0.1, 0.15) is 5.82 Å². The lowest BCUT2D eigenvalue weighted by Crippen LogP contribution is -2.15. The molecular formula is C15H18FN3. The Morgan fingerprint density at radius 3 is 2.95 bits per heavy atom. The van der Waals surface area contributed by atoms with Gasteiger partial charge in [0.25, 0.3) is 0 Å². The van der Waals surface area contributed by atoms with Gasteiger partial charge in [-0.1, -0.05) is 6.07 Å². The first-order chi connectivity index (χ1) is 9.26. The summed E-state index contributed by atoms with van der Waals surface area (Å²) in [6.07, 6.45) is 6.13. The van der Waals surface area contributed by atoms with Gasteiger partial charge >= 0.3 is 0 Å². The highest BCUT2D eigenvalue weighted by molar-refractivity contribution is 5.63. The molecule has 0 spiro atoms. The maximum absolute atomic E-state index is 13.9. The van der Waals surface area contributed by atoms with Crippen LogP contribution in [-0.2, 0) is 13.1 Å². The van der Waals surface area contributed by atoms with Gasteiger partial charge in [0.2, 0.25) is 0 Å². The summed E-state index contributed by atoms with van der Waals surface area (Å²) in [5.41, 5.74) is 2.59. The van der Waals surface area contributed by atoms with Crippen LogP contribution in [0.4, 0.5) is 4.39 Å². The lowest BCUT2D eigenvalue weighted by atomic mass is 10.1. The van der Waals surface area contributed by atoms with Crippen molar-refractivity contribution >= 4 is 0 Å². The number of aryl methyl sites for hydroxylation is 1. The molecule has 0 saturated heterocycles. The van der Waals surface area contributed by atoms with E-state index in [4.69, 9.17) is 0 Å². The van der Waals surface area contributed by atoms with Crippen LogP contribution in [0.5, 0.6) is 0 Å². The van der Waals surface area contributed by atoms with Crippen molar-refractivity contribution in [2.24, 2.45) is 0 Å². The van der Waals surface area contributed by atoms with Gasteiger partial charge in [-0.05, 0) is 37.5 Å². The largest absolute Gasteiger partial charge is 0.310 e. The van der Waals surface area contributed by atoms with E-state index in [2.05, 4.69) is 10.4 Å². The van der Waals surface area contributed by atoms with E-state index in [1.165, 1.54) is 12.8 Å². The molecule has 1 fully saturated rings. The van der Waals surface area contributed by atoms with Crippen molar-refractivity contribution in [1.82, 2.24) is 15.1 Å². The van der Waals surface area contributed by atoms with Crippen LogP contribution in [-0.4, -0.2) is 15.8 Å². The molecule has 3 nitrogen and oxygen atoms in total. The highest BCUT2D eigenvalue weighted by Crippen LogP contribution is 2.24. The molecule has 1 aliphatic rings. The molecule has 1 heterocycles. The number of hydrogen-bond acceptors (Lipinski definition) is 2. The number of nitrogens with one attached hydrogen (secondary N) is 1. The summed E-state index contributed by atoms with van der Waals surface area (Å²) in [5.74, 6) is -0.189. The Morgan fingerprint density at radius 2 is 2.26 bits per heavy atom. The molecule has 0 amide bonds. The van der Waals surface area contributed by atoms with Crippen LogP contribution in [0.15, 0.2) is 30.6 Å². The summed E-state index contributed by atoms with van der Waals surface area (Å²) >= 11 is 0. The first kappa shape index (κ1) is 12.4. The zero-order valence-electron chi connectivity index (χ0n) is 11.1. The second-order valence-corrected chi connectivity index (χ2v) is 5.05. The molecule has 1 aromatic heterocycles. The summed E-state index contributed by atoms with van der Waals surface area (Å²) in [5, 5.41) is 7.64. The van der Waals surface area contributed by atoms with E-state index in [0.29, 0.717) is 11.6 Å². The highest BCUT2D eigenvalue weighted by Gasteiger charge is 2.20. The molecule has 4 heteroatoms. The molecule has 0 unspecified atom stereocenters. The number of nitrogens with zero attached hydrogens (tertiary/aromatic N) is 2. The van der Waals surface area contributed by atoms with E-state index in [0.717, 1.165) is 24.2 Å². The van der Waals surface area contributed by atoms with Gasteiger partial charge in [0, 0.05) is 36.5 Å². The smallest absolute Gasteiger partial charge is 0.131 e. The molecule has 0 atom stereocenters. The zero-order valence-corrected chi connectivity index (χ0v) is 11.1. The van der Waals surface area contributed by atoms with Crippen molar-refractivity contribution in [2.75, 3.05) is 0 Å². The third-order valence-corrected chi connectivity index (χ3v) is 3.47. The van der Waals surface area contributed by atoms with Crippen LogP contribution in [0.2, 0.25) is 0 Å². The Bertz CT molecular complexity index is 573. The van der Waals surface area contributed by atoms with Crippen molar-refractivity contribution in [3.05, 3.63) is 42.0 Å². The van der Waals surface area contributed by atoms with Crippen LogP contribution in [0.1, 0.15) is 25.3 Å². The van der Waals surface area contributed by atoms with Crippen molar-refractivity contribution in [1.29, 1.82) is 0 Å². The predicted molar refractivity (Wildman–Crippen MR) is 73.2 cm³/mol. The average molecular weight is 259 g/mol. The average Bonchev–Trinajstić information content (AvgIpc) is 3.13. The van der Waals surface area contributed by atoms with Crippen molar-refractivity contribution in [3.8, 4) is 11.1 Å². The van der Waals surface area contributed by atoms with Crippen molar-refractivity contribution in [2.45, 2.75) is 38.9 Å². The number of rotatable bonds is 5. The second kappa shape index (κ2) is 5.13. The Kier molecular flexibility index (Phi) is 3.34. The Morgan fingerprint density at radius 1 is 1.42 bits per heavy atom. The van der Waals surface area contributed by atoms with Crippen LogP contribution in [0, 0.1) is 5.82 Å². The maximum atomic E-state index is 13.9. The summed E-state index contributed by atoms with van der Waals surface area (Å²) in [4.78, 5) is 0. The van der Waals surface area contributed by atoms with Gasteiger partial charge in [0.05, 0.1) is 6.20 Å². The van der Waals surface area contributed by atoms with Crippen LogP contribution >= 0.6 is 0 Å². The summed E-state index contributed by atoms with van der Waals surface area (Å²) in [7, 11) is 0. The van der Waals surface area contributed by atoms with Crippen LogP contribution < -0.4 is 5.32 Å². The van der Waals surface area contributed by atoms with E-state index in [1.807, 2.05) is 29.9 Å². The fourth-order valence-corrected chi connectivity index (χ4v) is 2.13. The molecule has 0 radical (unpaired) electrons. The lowest BCUT2D eigenvalue weighted by molar-refractivity contribution is 0.628. The van der Waals surface area contributed by atoms with Gasteiger partial charge < -0.3 is 5.32 Å². The van der Waals surface area contributed by atoms with E-state index in [1.54, 1.807) is 12.3 Å². The van der Waals surface area contributed by atoms with E-state index in [9.17, 15) is 4.39 Å². The summed E-state index contributed by atoms with van der Waals surface area (Å²) in [6, 6.07) is 5.97. The predicted octanol–water partition coefficient (Wildman–Crippen LogP) is 2.96. The molecular weight excluding hydrogens is 241 g/mol. The molecule has 1 aliphatic carbocycles. The molecule has 0 bridgehead atoms. The van der Waals surface area contributed by atoms with Crippen molar-refractivity contribution < 1.29 is 4.39 Å². The molecule has 1 saturated carbocycles. The van der Waals surface area contributed by atoms with E-state index >= 15 is 0 Å². The number of hydrogen-bond donors (Lipinski definition) is 1. The van der Waals surface area contributed by atoms with E-state index < -0.39 is 0 Å². The number of benzene rings is 1. The van der Waals surface area contributed by atoms with Gasteiger partial charge in [-0.2, -0.15) is 5.10 Å². The maximum Gasteiger partial charge on any atom is 0.131 e. The van der Waals surface area contributed by atoms with Gasteiger partial charge in [-0.15, -0.1) is 0 Å². The van der Waals surface area contributed by atoms with Gasteiger partial charge in [0.15, 0.2) is 0 Å². The quantitative estimate of drug-likeness (QED) is 0.894. The minimum Gasteiger partial charge on any atom is -0.310 e. The van der Waals surface area contributed by atoms with Crippen LogP contribution in [0.25, 0.3) is 11.1 Å². The molecule has 0 aliphatic heterocycles. The Hall–Kier alpha value is -1.68. The third kappa shape index (κ3) is 2.84. The second-order valence-electron chi connectivity index (χ2n) is 5.05. The molecule has 3 rings (SSSR count). The molecule has 1 aromatic carbocycles. The normalized spacial score (nSPS) is 14.8. The number of aromatic nitrogens is 2. The fraction of sp³-hybridized carbons (Fsp3) is 0.400. The SMILES string of the molecule is CCn1cc(-c2cc(CNC3CC3)ccc2F)cn1. The topological polar surface area (TPSA) is 29.9 Å². The van der Waals surface area contributed by atoms with E-state index in [-0.39, 0.29) is 5.82 Å². The Labute approximate surface area is 112 Å². The standard InChI is InChI=1S/C15H18FN3/c1-2-19-10-12(9-18-19)14-7-11(3-6-15(14)16)8-17-13-4-5-13/h3,6-7,9-10,13,17H,2,4-5,8H2,1H3. The van der Waals surface area contributed by atoms with Gasteiger partial charge in [-0.3, -0.25) is 4.68 Å². The summed E-state index contributed by atoms with van der Waals surface area (Å²) < 4.78 is 15.7. The fourth-order valence-electron chi connectivity index (χ4n) is 2.13. The monoisotopic (exact) mass is 259 g/mol. The van der Waals surface area contributed by atoms with Crippen LogP contribution in [0.3, 0.4) is 0 Å². The molecule has 2 aromatic rings. The van der Waals surface area contributed by atoms with Gasteiger partial charge in [-0.25, -0.2) is 4.39 Å². The van der Waals surface area contributed by atoms with Crippen molar-refractivity contribution in [3.63, 3.8) is 0 Å². The molecule has 100 valence electrons. The molecule has 19 heavy (non-hydrogen) atoms. The molecule has 1 N–H and O–H groups in total.